The van der Waals surface area contributed by atoms with E-state index in [4.69, 9.17) is 16.1 Å². The van der Waals surface area contributed by atoms with Crippen molar-refractivity contribution in [2.45, 2.75) is 44.2 Å². The largest absolute Gasteiger partial charge is 0.380 e. The van der Waals surface area contributed by atoms with Crippen molar-refractivity contribution < 1.29 is 14.4 Å². The Kier molecular flexibility index (Phi) is 4.37. The number of amides is 1. The van der Waals surface area contributed by atoms with E-state index >= 15 is 0 Å². The van der Waals surface area contributed by atoms with Gasteiger partial charge in [0.25, 0.3) is 5.91 Å². The number of nitrogens with zero attached hydrogens (tertiary/aromatic N) is 2. The zero-order chi connectivity index (χ0) is 16.4. The van der Waals surface area contributed by atoms with Crippen molar-refractivity contribution in [1.82, 2.24) is 15.5 Å². The van der Waals surface area contributed by atoms with Crippen molar-refractivity contribution in [1.29, 1.82) is 0 Å². The Morgan fingerprint density at radius 2 is 2.00 bits per heavy atom. The summed E-state index contributed by atoms with van der Waals surface area (Å²) in [7, 11) is 0. The van der Waals surface area contributed by atoms with Gasteiger partial charge in [0.2, 0.25) is 11.7 Å². The lowest BCUT2D eigenvalue weighted by Gasteiger charge is -2.22. The Hall–Kier alpha value is -1.92. The van der Waals surface area contributed by atoms with Crippen molar-refractivity contribution in [2.75, 3.05) is 0 Å². The summed E-state index contributed by atoms with van der Waals surface area (Å²) in [4.78, 5) is 16.5. The molecule has 1 fully saturated rings. The molecule has 0 radical (unpaired) electrons. The van der Waals surface area contributed by atoms with E-state index in [1.807, 2.05) is 0 Å². The molecular weight excluding hydrogens is 318 g/mol. The maximum Gasteiger partial charge on any atom is 0.252 e. The molecule has 1 aliphatic rings. The first-order valence-corrected chi connectivity index (χ1v) is 7.99. The van der Waals surface area contributed by atoms with E-state index in [-0.39, 0.29) is 5.91 Å². The minimum atomic E-state index is -1.27. The van der Waals surface area contributed by atoms with Crippen LogP contribution in [0.1, 0.15) is 44.5 Å². The fraction of sp³-hybridized carbons (Fsp3) is 0.438. The van der Waals surface area contributed by atoms with Gasteiger partial charge in [0.05, 0.1) is 0 Å². The maximum atomic E-state index is 12.2. The molecule has 1 aromatic heterocycles. The van der Waals surface area contributed by atoms with Crippen molar-refractivity contribution >= 4 is 17.5 Å². The SMILES string of the molecule is CC(NC(=O)C1(O)CCCC1)c1nc(-c2ccc(Cl)cc2)no1. The number of rotatable bonds is 4. The summed E-state index contributed by atoms with van der Waals surface area (Å²) in [6.45, 7) is 1.75. The number of aliphatic hydroxyl groups is 1. The quantitative estimate of drug-likeness (QED) is 0.897. The molecule has 7 heteroatoms. The van der Waals surface area contributed by atoms with Gasteiger partial charge in [0, 0.05) is 10.6 Å². The molecule has 2 N–H and O–H groups in total. The minimum absolute atomic E-state index is 0.296. The second kappa shape index (κ2) is 6.29. The first-order valence-electron chi connectivity index (χ1n) is 7.61. The van der Waals surface area contributed by atoms with Gasteiger partial charge in [-0.05, 0) is 56.9 Å². The number of carbonyl (C=O) groups is 1. The lowest BCUT2D eigenvalue weighted by atomic mass is 10.0. The maximum absolute atomic E-state index is 12.2. The summed E-state index contributed by atoms with van der Waals surface area (Å²) < 4.78 is 5.22. The van der Waals surface area contributed by atoms with E-state index in [9.17, 15) is 9.90 Å². The molecule has 0 bridgehead atoms. The highest BCUT2D eigenvalue weighted by Gasteiger charge is 2.39. The van der Waals surface area contributed by atoms with Crippen LogP contribution in [-0.2, 0) is 4.79 Å². The van der Waals surface area contributed by atoms with Crippen LogP contribution in [0.3, 0.4) is 0 Å². The Labute approximate surface area is 138 Å². The van der Waals surface area contributed by atoms with Gasteiger partial charge in [-0.1, -0.05) is 16.8 Å². The number of aromatic nitrogens is 2. The average Bonchev–Trinajstić information content (AvgIpc) is 3.18. The second-order valence-corrected chi connectivity index (χ2v) is 6.33. The molecule has 1 saturated carbocycles. The van der Waals surface area contributed by atoms with Crippen LogP contribution in [0, 0.1) is 0 Å². The highest BCUT2D eigenvalue weighted by Crippen LogP contribution is 2.30. The molecule has 3 rings (SSSR count). The molecule has 0 spiro atoms. The molecule has 2 aromatic rings. The molecule has 1 aliphatic carbocycles. The smallest absolute Gasteiger partial charge is 0.252 e. The number of halogens is 1. The van der Waals surface area contributed by atoms with Gasteiger partial charge < -0.3 is 14.9 Å². The van der Waals surface area contributed by atoms with E-state index in [1.54, 1.807) is 31.2 Å². The lowest BCUT2D eigenvalue weighted by Crippen LogP contribution is -2.45. The van der Waals surface area contributed by atoms with Gasteiger partial charge in [0.1, 0.15) is 11.6 Å². The third-order valence-corrected chi connectivity index (χ3v) is 4.37. The monoisotopic (exact) mass is 335 g/mol. The number of carbonyl (C=O) groups excluding carboxylic acids is 1. The second-order valence-electron chi connectivity index (χ2n) is 5.90. The third-order valence-electron chi connectivity index (χ3n) is 4.12. The minimum Gasteiger partial charge on any atom is -0.380 e. The number of hydrogen-bond acceptors (Lipinski definition) is 5. The van der Waals surface area contributed by atoms with Crippen molar-refractivity contribution in [3.63, 3.8) is 0 Å². The fourth-order valence-corrected chi connectivity index (χ4v) is 2.83. The van der Waals surface area contributed by atoms with Gasteiger partial charge >= 0.3 is 0 Å². The lowest BCUT2D eigenvalue weighted by molar-refractivity contribution is -0.140. The predicted octanol–water partition coefficient (Wildman–Crippen LogP) is 2.87. The van der Waals surface area contributed by atoms with Crippen LogP contribution >= 0.6 is 11.6 Å². The number of nitrogens with one attached hydrogen (secondary N) is 1. The summed E-state index contributed by atoms with van der Waals surface area (Å²) in [6.07, 6.45) is 2.70. The Balaban J connectivity index is 1.70. The van der Waals surface area contributed by atoms with Crippen LogP contribution in [0.5, 0.6) is 0 Å². The first kappa shape index (κ1) is 16.0. The molecule has 122 valence electrons. The molecular formula is C16H18ClN3O3. The van der Waals surface area contributed by atoms with Crippen LogP contribution in [0.4, 0.5) is 0 Å². The van der Waals surface area contributed by atoms with Gasteiger partial charge in [0.15, 0.2) is 0 Å². The molecule has 1 unspecified atom stereocenters. The zero-order valence-corrected chi connectivity index (χ0v) is 13.5. The summed E-state index contributed by atoms with van der Waals surface area (Å²) in [5.74, 6) is 0.344. The molecule has 1 aromatic carbocycles. The Bertz CT molecular complexity index is 693. The van der Waals surface area contributed by atoms with Crippen molar-refractivity contribution in [3.05, 3.63) is 35.2 Å². The van der Waals surface area contributed by atoms with Gasteiger partial charge in [-0.2, -0.15) is 4.98 Å². The molecule has 6 nitrogen and oxygen atoms in total. The topological polar surface area (TPSA) is 88.2 Å². The number of hydrogen-bond donors (Lipinski definition) is 2. The molecule has 0 aliphatic heterocycles. The standard InChI is InChI=1S/C16H18ClN3O3/c1-10(18-15(21)16(22)8-2-3-9-16)14-19-13(20-23-14)11-4-6-12(17)7-5-11/h4-7,10,22H,2-3,8-9H2,1H3,(H,18,21). The van der Waals surface area contributed by atoms with E-state index in [0.29, 0.717) is 29.6 Å². The van der Waals surface area contributed by atoms with Gasteiger partial charge in [-0.3, -0.25) is 4.79 Å². The van der Waals surface area contributed by atoms with E-state index in [1.165, 1.54) is 0 Å². The molecule has 1 atom stereocenters. The van der Waals surface area contributed by atoms with Crippen LogP contribution in [-0.4, -0.2) is 26.8 Å². The van der Waals surface area contributed by atoms with Gasteiger partial charge in [-0.15, -0.1) is 0 Å². The van der Waals surface area contributed by atoms with E-state index in [2.05, 4.69) is 15.5 Å². The highest BCUT2D eigenvalue weighted by atomic mass is 35.5. The fourth-order valence-electron chi connectivity index (χ4n) is 2.71. The Morgan fingerprint density at radius 3 is 2.65 bits per heavy atom. The molecule has 23 heavy (non-hydrogen) atoms. The van der Waals surface area contributed by atoms with Crippen LogP contribution in [0.15, 0.2) is 28.8 Å². The molecule has 1 heterocycles. The van der Waals surface area contributed by atoms with Crippen molar-refractivity contribution in [2.24, 2.45) is 0 Å². The van der Waals surface area contributed by atoms with E-state index in [0.717, 1.165) is 18.4 Å². The average molecular weight is 336 g/mol. The molecule has 1 amide bonds. The zero-order valence-electron chi connectivity index (χ0n) is 12.8. The first-order chi connectivity index (χ1) is 11.0. The van der Waals surface area contributed by atoms with Gasteiger partial charge in [-0.25, -0.2) is 0 Å². The Morgan fingerprint density at radius 1 is 1.35 bits per heavy atom. The third kappa shape index (κ3) is 3.38. The normalized spacial score (nSPS) is 17.9. The van der Waals surface area contributed by atoms with Crippen LogP contribution < -0.4 is 5.32 Å². The predicted molar refractivity (Wildman–Crippen MR) is 84.7 cm³/mol. The summed E-state index contributed by atoms with van der Waals surface area (Å²) >= 11 is 5.85. The number of benzene rings is 1. The van der Waals surface area contributed by atoms with Crippen LogP contribution in [0.2, 0.25) is 5.02 Å². The molecule has 0 saturated heterocycles. The summed E-state index contributed by atoms with van der Waals surface area (Å²) in [5, 5.41) is 17.6. The van der Waals surface area contributed by atoms with E-state index < -0.39 is 11.6 Å². The van der Waals surface area contributed by atoms with Crippen molar-refractivity contribution in [3.8, 4) is 11.4 Å². The van der Waals surface area contributed by atoms with Crippen LogP contribution in [0.25, 0.3) is 11.4 Å². The summed E-state index contributed by atoms with van der Waals surface area (Å²) in [5.41, 5.74) is -0.495. The highest BCUT2D eigenvalue weighted by molar-refractivity contribution is 6.30. The summed E-state index contributed by atoms with van der Waals surface area (Å²) in [6, 6.07) is 6.60.